The second kappa shape index (κ2) is 13.7. The van der Waals surface area contributed by atoms with Crippen molar-refractivity contribution < 1.29 is 14.3 Å². The maximum Gasteiger partial charge on any atom is 0.328 e. The Balaban J connectivity index is 1.28. The lowest BCUT2D eigenvalue weighted by Gasteiger charge is -2.28. The third kappa shape index (κ3) is 7.02. The summed E-state index contributed by atoms with van der Waals surface area (Å²) >= 11 is 7.65. The number of aromatic nitrogens is 2. The van der Waals surface area contributed by atoms with Crippen LogP contribution < -0.4 is 10.6 Å². The topological polar surface area (TPSA) is 109 Å². The number of halogens is 1. The number of fused-ring (bicyclic) bond motifs is 1. The molecule has 4 aromatic rings. The third-order valence-electron chi connectivity index (χ3n) is 7.23. The SMILES string of the molecule is COC(=O)[C@H](Cc1ccc(Cl)cc1)NC(=O)c1cccc2c1SCCC2NCc1cncn1Cc1ccc(C#N)cc1. The molecule has 42 heavy (non-hydrogen) atoms. The van der Waals surface area contributed by atoms with Crippen LogP contribution in [0.15, 0.2) is 84.1 Å². The van der Waals surface area contributed by atoms with Crippen molar-refractivity contribution in [1.29, 1.82) is 5.26 Å². The van der Waals surface area contributed by atoms with E-state index in [2.05, 4.69) is 32.3 Å². The molecule has 0 saturated heterocycles. The number of esters is 1. The van der Waals surface area contributed by atoms with E-state index in [-0.39, 0.29) is 18.4 Å². The number of imidazole rings is 1. The molecule has 0 aliphatic carbocycles. The monoisotopic (exact) mass is 599 g/mol. The molecular formula is C32H30ClN5O3S. The zero-order valence-corrected chi connectivity index (χ0v) is 24.6. The van der Waals surface area contributed by atoms with Crippen LogP contribution in [0.4, 0.5) is 0 Å². The van der Waals surface area contributed by atoms with Gasteiger partial charge in [-0.05, 0) is 59.2 Å². The number of methoxy groups -OCH3 is 1. The fraction of sp³-hybridized carbons (Fsp3) is 0.250. The normalized spacial score (nSPS) is 14.8. The number of nitrogens with zero attached hydrogens (tertiary/aromatic N) is 3. The van der Waals surface area contributed by atoms with Crippen LogP contribution >= 0.6 is 23.4 Å². The molecule has 0 fully saturated rings. The second-order valence-electron chi connectivity index (χ2n) is 10.00. The smallest absolute Gasteiger partial charge is 0.328 e. The van der Waals surface area contributed by atoms with E-state index < -0.39 is 12.0 Å². The Morgan fingerprint density at radius 2 is 1.90 bits per heavy atom. The molecule has 1 unspecified atom stereocenters. The Hall–Kier alpha value is -4.10. The molecule has 1 aliphatic heterocycles. The van der Waals surface area contributed by atoms with E-state index in [1.807, 2.05) is 55.0 Å². The summed E-state index contributed by atoms with van der Waals surface area (Å²) in [7, 11) is 1.32. The number of benzene rings is 3. The first-order valence-corrected chi connectivity index (χ1v) is 14.9. The van der Waals surface area contributed by atoms with Crippen LogP contribution in [0.3, 0.4) is 0 Å². The molecule has 0 spiro atoms. The molecule has 5 rings (SSSR count). The molecule has 1 aromatic heterocycles. The number of amides is 1. The van der Waals surface area contributed by atoms with Crippen molar-refractivity contribution >= 4 is 35.2 Å². The van der Waals surface area contributed by atoms with Gasteiger partial charge in [-0.1, -0.05) is 48.0 Å². The summed E-state index contributed by atoms with van der Waals surface area (Å²) in [5.74, 6) is 0.0303. The van der Waals surface area contributed by atoms with Crippen molar-refractivity contribution in [1.82, 2.24) is 20.2 Å². The molecule has 0 bridgehead atoms. The second-order valence-corrected chi connectivity index (χ2v) is 11.5. The van der Waals surface area contributed by atoms with Crippen LogP contribution in [0.2, 0.25) is 5.02 Å². The Kier molecular flexibility index (Phi) is 9.59. The predicted octanol–water partition coefficient (Wildman–Crippen LogP) is 5.30. The molecule has 2 atom stereocenters. The molecule has 8 nitrogen and oxygen atoms in total. The minimum absolute atomic E-state index is 0.0535. The molecule has 214 valence electrons. The van der Waals surface area contributed by atoms with Gasteiger partial charge in [0, 0.05) is 41.7 Å². The molecule has 1 amide bonds. The number of nitriles is 1. The molecule has 10 heteroatoms. The fourth-order valence-corrected chi connectivity index (χ4v) is 6.37. The highest BCUT2D eigenvalue weighted by molar-refractivity contribution is 7.99. The lowest BCUT2D eigenvalue weighted by Crippen LogP contribution is -2.43. The molecular weight excluding hydrogens is 570 g/mol. The molecule has 0 saturated carbocycles. The third-order valence-corrected chi connectivity index (χ3v) is 8.66. The van der Waals surface area contributed by atoms with E-state index in [0.717, 1.165) is 39.5 Å². The number of carbonyl (C=O) groups excluding carboxylic acids is 2. The highest BCUT2D eigenvalue weighted by atomic mass is 35.5. The number of ether oxygens (including phenoxy) is 1. The first-order valence-electron chi connectivity index (χ1n) is 13.6. The zero-order chi connectivity index (χ0) is 29.5. The van der Waals surface area contributed by atoms with Gasteiger partial charge in [-0.15, -0.1) is 11.8 Å². The van der Waals surface area contributed by atoms with E-state index in [4.69, 9.17) is 21.6 Å². The van der Waals surface area contributed by atoms with Crippen LogP contribution in [0, 0.1) is 11.3 Å². The lowest BCUT2D eigenvalue weighted by molar-refractivity contribution is -0.142. The average molecular weight is 600 g/mol. The first-order chi connectivity index (χ1) is 20.4. The number of hydrogen-bond donors (Lipinski definition) is 2. The van der Waals surface area contributed by atoms with Gasteiger partial charge in [-0.2, -0.15) is 5.26 Å². The Morgan fingerprint density at radius 3 is 2.64 bits per heavy atom. The molecule has 2 heterocycles. The first kappa shape index (κ1) is 29.4. The van der Waals surface area contributed by atoms with Crippen molar-refractivity contribution in [3.63, 3.8) is 0 Å². The summed E-state index contributed by atoms with van der Waals surface area (Å²) in [5.41, 5.74) is 5.22. The Bertz CT molecular complexity index is 1600. The maximum absolute atomic E-state index is 13.5. The zero-order valence-electron chi connectivity index (χ0n) is 23.0. The molecule has 2 N–H and O–H groups in total. The summed E-state index contributed by atoms with van der Waals surface area (Å²) in [5, 5.41) is 16.2. The van der Waals surface area contributed by atoms with Crippen LogP contribution in [-0.2, 0) is 29.0 Å². The largest absolute Gasteiger partial charge is 0.467 e. The van der Waals surface area contributed by atoms with Gasteiger partial charge in [-0.3, -0.25) is 4.79 Å². The van der Waals surface area contributed by atoms with Gasteiger partial charge in [0.05, 0.1) is 36.3 Å². The van der Waals surface area contributed by atoms with Gasteiger partial charge < -0.3 is 19.9 Å². The number of rotatable bonds is 10. The van der Waals surface area contributed by atoms with E-state index in [9.17, 15) is 9.59 Å². The Morgan fingerprint density at radius 1 is 1.14 bits per heavy atom. The highest BCUT2D eigenvalue weighted by Crippen LogP contribution is 2.38. The van der Waals surface area contributed by atoms with E-state index >= 15 is 0 Å². The lowest BCUT2D eigenvalue weighted by atomic mass is 9.99. The molecule has 0 radical (unpaired) electrons. The van der Waals surface area contributed by atoms with Gasteiger partial charge in [0.25, 0.3) is 5.91 Å². The van der Waals surface area contributed by atoms with Crippen molar-refractivity contribution in [2.45, 2.75) is 42.9 Å². The van der Waals surface area contributed by atoms with Gasteiger partial charge in [0.1, 0.15) is 6.04 Å². The van der Waals surface area contributed by atoms with Gasteiger partial charge in [0.2, 0.25) is 0 Å². The van der Waals surface area contributed by atoms with Crippen LogP contribution in [0.1, 0.15) is 50.8 Å². The van der Waals surface area contributed by atoms with E-state index in [1.165, 1.54) is 7.11 Å². The van der Waals surface area contributed by atoms with Crippen molar-refractivity contribution in [2.24, 2.45) is 0 Å². The number of hydrogen-bond acceptors (Lipinski definition) is 7. The van der Waals surface area contributed by atoms with Gasteiger partial charge in [0.15, 0.2) is 0 Å². The quantitative estimate of drug-likeness (QED) is 0.238. The van der Waals surface area contributed by atoms with E-state index in [1.54, 1.807) is 30.0 Å². The van der Waals surface area contributed by atoms with Crippen LogP contribution in [0.25, 0.3) is 0 Å². The summed E-state index contributed by atoms with van der Waals surface area (Å²) in [6.07, 6.45) is 4.86. The summed E-state index contributed by atoms with van der Waals surface area (Å²) in [4.78, 5) is 31.3. The van der Waals surface area contributed by atoms with Gasteiger partial charge in [-0.25, -0.2) is 9.78 Å². The highest BCUT2D eigenvalue weighted by Gasteiger charge is 2.28. The van der Waals surface area contributed by atoms with Crippen molar-refractivity contribution in [3.8, 4) is 6.07 Å². The summed E-state index contributed by atoms with van der Waals surface area (Å²) < 4.78 is 7.07. The molecule has 1 aliphatic rings. The molecule has 3 aromatic carbocycles. The van der Waals surface area contributed by atoms with E-state index in [0.29, 0.717) is 29.2 Å². The maximum atomic E-state index is 13.5. The van der Waals surface area contributed by atoms with Crippen molar-refractivity contribution in [3.05, 3.63) is 118 Å². The average Bonchev–Trinajstić information content (AvgIpc) is 3.46. The standard InChI is InChI=1S/C32H30ClN5O3S/c1-41-32(40)29(15-21-9-11-24(33)12-10-21)37-31(39)27-4-2-3-26-28(13-14-42-30(26)27)36-18-25-17-35-20-38(25)19-23-7-5-22(16-34)6-8-23/h2-12,17,20,28-29,36H,13-15,18-19H2,1H3,(H,37,39)/t28?,29-/m0/s1. The fourth-order valence-electron chi connectivity index (χ4n) is 4.99. The van der Waals surface area contributed by atoms with Crippen molar-refractivity contribution in [2.75, 3.05) is 12.9 Å². The summed E-state index contributed by atoms with van der Waals surface area (Å²) in [6.45, 7) is 1.26. The van der Waals surface area contributed by atoms with Crippen LogP contribution in [0.5, 0.6) is 0 Å². The summed E-state index contributed by atoms with van der Waals surface area (Å²) in [6, 6.07) is 21.8. The number of nitrogens with one attached hydrogen (secondary N) is 2. The minimum atomic E-state index is -0.835. The minimum Gasteiger partial charge on any atom is -0.467 e. The number of thioether (sulfide) groups is 1. The van der Waals surface area contributed by atoms with Gasteiger partial charge >= 0.3 is 5.97 Å². The predicted molar refractivity (Wildman–Crippen MR) is 162 cm³/mol. The Labute approximate surface area is 254 Å². The number of carbonyl (C=O) groups is 2. The van der Waals surface area contributed by atoms with Crippen LogP contribution in [-0.4, -0.2) is 40.3 Å².